The maximum absolute atomic E-state index is 13.3. The zero-order valence-electron chi connectivity index (χ0n) is 17.7. The molecule has 7 nitrogen and oxygen atoms in total. The van der Waals surface area contributed by atoms with Crippen molar-refractivity contribution in [1.29, 1.82) is 0 Å². The van der Waals surface area contributed by atoms with Crippen molar-refractivity contribution in [1.82, 2.24) is 20.2 Å². The van der Waals surface area contributed by atoms with Crippen molar-refractivity contribution < 1.29 is 22.5 Å². The predicted molar refractivity (Wildman–Crippen MR) is 118 cm³/mol. The molecule has 2 aromatic heterocycles. The second kappa shape index (κ2) is 8.14. The predicted octanol–water partition coefficient (Wildman–Crippen LogP) is 5.66. The number of hydrogen-bond donors (Lipinski definition) is 1. The molecule has 0 spiro atoms. The fourth-order valence-electron chi connectivity index (χ4n) is 3.66. The topological polar surface area (TPSA) is 85.8 Å². The molecule has 0 bridgehead atoms. The molecule has 2 heterocycles. The summed E-state index contributed by atoms with van der Waals surface area (Å²) in [6.45, 7) is 1.61. The van der Waals surface area contributed by atoms with E-state index in [4.69, 9.17) is 4.52 Å². The molecule has 5 rings (SSSR count). The van der Waals surface area contributed by atoms with Crippen LogP contribution in [-0.2, 0) is 6.18 Å². The molecular formula is C24H16F3N5O2. The summed E-state index contributed by atoms with van der Waals surface area (Å²) >= 11 is 0. The average molecular weight is 463 g/mol. The number of fused-ring (bicyclic) bond motifs is 1. The lowest BCUT2D eigenvalue weighted by Crippen LogP contribution is -2.18. The number of aromatic nitrogens is 4. The molecule has 34 heavy (non-hydrogen) atoms. The number of benzene rings is 3. The van der Waals surface area contributed by atoms with Gasteiger partial charge in [0.15, 0.2) is 11.5 Å². The lowest BCUT2D eigenvalue weighted by atomic mass is 10.1. The molecule has 3 aromatic carbocycles. The van der Waals surface area contributed by atoms with E-state index in [1.807, 2.05) is 30.3 Å². The van der Waals surface area contributed by atoms with Gasteiger partial charge in [0.1, 0.15) is 5.52 Å². The van der Waals surface area contributed by atoms with Gasteiger partial charge in [-0.15, -0.1) is 5.10 Å². The highest BCUT2D eigenvalue weighted by Crippen LogP contribution is 2.35. The Morgan fingerprint density at radius 2 is 1.74 bits per heavy atom. The number of alkyl halides is 3. The Labute approximate surface area is 190 Å². The lowest BCUT2D eigenvalue weighted by molar-refractivity contribution is -0.136. The quantitative estimate of drug-likeness (QED) is 0.372. The van der Waals surface area contributed by atoms with E-state index in [0.29, 0.717) is 22.7 Å². The molecule has 0 unspecified atom stereocenters. The van der Waals surface area contributed by atoms with Crippen molar-refractivity contribution in [2.75, 3.05) is 5.32 Å². The van der Waals surface area contributed by atoms with Crippen LogP contribution in [0.5, 0.6) is 0 Å². The fraction of sp³-hybridized carbons (Fsp3) is 0.0833. The summed E-state index contributed by atoms with van der Waals surface area (Å²) in [4.78, 5) is 12.7. The Hall–Kier alpha value is -4.47. The minimum atomic E-state index is -4.61. The first-order chi connectivity index (χ1) is 16.3. The van der Waals surface area contributed by atoms with Crippen LogP contribution in [-0.4, -0.2) is 26.1 Å². The molecule has 0 aliphatic carbocycles. The first-order valence-corrected chi connectivity index (χ1v) is 10.2. The number of halogens is 3. The third-order valence-electron chi connectivity index (χ3n) is 5.33. The first kappa shape index (κ1) is 21.4. The minimum absolute atomic E-state index is 0.0920. The number of anilines is 1. The number of para-hydroxylation sites is 1. The van der Waals surface area contributed by atoms with Gasteiger partial charge in [-0.25, -0.2) is 4.68 Å². The van der Waals surface area contributed by atoms with Gasteiger partial charge >= 0.3 is 6.18 Å². The molecule has 0 atom stereocenters. The smallest absolute Gasteiger partial charge is 0.355 e. The van der Waals surface area contributed by atoms with Crippen molar-refractivity contribution in [2.24, 2.45) is 0 Å². The van der Waals surface area contributed by atoms with Crippen LogP contribution < -0.4 is 5.32 Å². The summed E-state index contributed by atoms with van der Waals surface area (Å²) in [7, 11) is 0. The van der Waals surface area contributed by atoms with E-state index >= 15 is 0 Å². The van der Waals surface area contributed by atoms with Crippen LogP contribution in [0.4, 0.5) is 18.9 Å². The number of nitrogens with one attached hydrogen (secondary N) is 1. The molecule has 0 saturated heterocycles. The third-order valence-corrected chi connectivity index (χ3v) is 5.33. The number of nitrogens with zero attached hydrogens (tertiary/aromatic N) is 4. The van der Waals surface area contributed by atoms with Crippen LogP contribution in [0, 0.1) is 6.92 Å². The Kier molecular flexibility index (Phi) is 5.12. The van der Waals surface area contributed by atoms with Crippen LogP contribution >= 0.6 is 0 Å². The van der Waals surface area contributed by atoms with Gasteiger partial charge in [0.2, 0.25) is 0 Å². The number of hydrogen-bond acceptors (Lipinski definition) is 5. The van der Waals surface area contributed by atoms with Gasteiger partial charge in [0, 0.05) is 5.56 Å². The Balaban J connectivity index is 1.49. The highest BCUT2D eigenvalue weighted by atomic mass is 19.4. The molecule has 1 N–H and O–H groups in total. The van der Waals surface area contributed by atoms with Crippen molar-refractivity contribution >= 4 is 22.5 Å². The molecule has 1 amide bonds. The maximum atomic E-state index is 13.3. The zero-order chi connectivity index (χ0) is 23.9. The van der Waals surface area contributed by atoms with E-state index < -0.39 is 17.6 Å². The number of carbonyl (C=O) groups is 1. The monoisotopic (exact) mass is 463 g/mol. The van der Waals surface area contributed by atoms with Gasteiger partial charge in [-0.05, 0) is 37.3 Å². The zero-order valence-corrected chi connectivity index (χ0v) is 17.7. The molecule has 10 heteroatoms. The molecule has 0 radical (unpaired) electrons. The highest BCUT2D eigenvalue weighted by molar-refractivity contribution is 6.04. The Morgan fingerprint density at radius 3 is 2.50 bits per heavy atom. The normalized spacial score (nSPS) is 11.6. The van der Waals surface area contributed by atoms with Gasteiger partial charge in [-0.1, -0.05) is 52.8 Å². The van der Waals surface area contributed by atoms with E-state index in [-0.39, 0.29) is 11.4 Å². The molecule has 0 saturated carbocycles. The summed E-state index contributed by atoms with van der Waals surface area (Å²) < 4.78 is 46.8. The van der Waals surface area contributed by atoms with E-state index in [9.17, 15) is 18.0 Å². The molecule has 0 aliphatic rings. The van der Waals surface area contributed by atoms with Crippen LogP contribution in [0.25, 0.3) is 27.9 Å². The Morgan fingerprint density at radius 1 is 1.00 bits per heavy atom. The molecular weight excluding hydrogens is 447 g/mol. The van der Waals surface area contributed by atoms with Gasteiger partial charge in [0.25, 0.3) is 5.91 Å². The largest absolute Gasteiger partial charge is 0.418 e. The average Bonchev–Trinajstić information content (AvgIpc) is 3.42. The van der Waals surface area contributed by atoms with E-state index in [1.165, 1.54) is 22.9 Å². The van der Waals surface area contributed by atoms with Crippen LogP contribution in [0.15, 0.2) is 77.3 Å². The van der Waals surface area contributed by atoms with Crippen LogP contribution in [0.1, 0.15) is 21.7 Å². The second-order valence-corrected chi connectivity index (χ2v) is 7.51. The van der Waals surface area contributed by atoms with E-state index in [0.717, 1.165) is 17.0 Å². The first-order valence-electron chi connectivity index (χ1n) is 10.2. The second-order valence-electron chi connectivity index (χ2n) is 7.51. The Bertz CT molecular complexity index is 1510. The number of rotatable bonds is 4. The fourth-order valence-corrected chi connectivity index (χ4v) is 3.66. The molecule has 170 valence electrons. The van der Waals surface area contributed by atoms with Crippen molar-refractivity contribution in [2.45, 2.75) is 13.1 Å². The molecule has 5 aromatic rings. The molecule has 0 fully saturated rings. The SMILES string of the molecule is Cc1c(C(=O)Nc2ccccc2C(F)(F)F)nnn1-c1ccc2noc(-c3ccccc3)c2c1. The van der Waals surface area contributed by atoms with Crippen molar-refractivity contribution in [3.63, 3.8) is 0 Å². The summed E-state index contributed by atoms with van der Waals surface area (Å²) in [6, 6.07) is 19.5. The number of carbonyl (C=O) groups excluding carboxylic acids is 1. The van der Waals surface area contributed by atoms with E-state index in [2.05, 4.69) is 20.8 Å². The number of amides is 1. The minimum Gasteiger partial charge on any atom is -0.355 e. The highest BCUT2D eigenvalue weighted by Gasteiger charge is 2.34. The van der Waals surface area contributed by atoms with Gasteiger partial charge in [-0.3, -0.25) is 4.79 Å². The lowest BCUT2D eigenvalue weighted by Gasteiger charge is -2.13. The summed E-state index contributed by atoms with van der Waals surface area (Å²) in [5.41, 5.74) is 1.05. The van der Waals surface area contributed by atoms with Crippen molar-refractivity contribution in [3.8, 4) is 17.0 Å². The summed E-state index contributed by atoms with van der Waals surface area (Å²) in [5.74, 6) is -0.214. The standard InChI is InChI=1S/C24H16F3N5O2/c1-14-21(23(33)28-20-10-6-5-9-18(20)24(25,26)27)29-31-32(14)16-11-12-19-17(13-16)22(34-30-19)15-7-3-2-4-8-15/h2-13H,1H3,(H,28,33). The summed E-state index contributed by atoms with van der Waals surface area (Å²) in [6.07, 6.45) is -4.61. The third kappa shape index (κ3) is 3.79. The van der Waals surface area contributed by atoms with E-state index in [1.54, 1.807) is 25.1 Å². The van der Waals surface area contributed by atoms with Crippen molar-refractivity contribution in [3.05, 3.63) is 89.7 Å². The van der Waals surface area contributed by atoms with Gasteiger partial charge in [-0.2, -0.15) is 13.2 Å². The van der Waals surface area contributed by atoms with Crippen LogP contribution in [0.3, 0.4) is 0 Å². The summed E-state index contributed by atoms with van der Waals surface area (Å²) in [5, 5.41) is 15.1. The van der Waals surface area contributed by atoms with Gasteiger partial charge in [0.05, 0.1) is 28.0 Å². The van der Waals surface area contributed by atoms with Crippen LogP contribution in [0.2, 0.25) is 0 Å². The van der Waals surface area contributed by atoms with Gasteiger partial charge < -0.3 is 9.84 Å². The molecule has 0 aliphatic heterocycles. The maximum Gasteiger partial charge on any atom is 0.418 e.